The van der Waals surface area contributed by atoms with Crippen molar-refractivity contribution in [3.8, 4) is 10.6 Å². The second kappa shape index (κ2) is 8.82. The first-order valence-electron chi connectivity index (χ1n) is 9.61. The molecule has 3 heterocycles. The number of pyridine rings is 1. The minimum absolute atomic E-state index is 0.245. The lowest BCUT2D eigenvalue weighted by atomic mass is 10.00. The van der Waals surface area contributed by atoms with Crippen LogP contribution >= 0.6 is 11.3 Å². The van der Waals surface area contributed by atoms with Crippen LogP contribution < -0.4 is 5.32 Å². The van der Waals surface area contributed by atoms with Crippen molar-refractivity contribution in [1.82, 2.24) is 15.3 Å². The van der Waals surface area contributed by atoms with Crippen LogP contribution in [0.1, 0.15) is 33.6 Å². The zero-order valence-corrected chi connectivity index (χ0v) is 17.0. The van der Waals surface area contributed by atoms with Gasteiger partial charge in [0, 0.05) is 29.9 Å². The van der Waals surface area contributed by atoms with Crippen molar-refractivity contribution < 1.29 is 14.6 Å². The molecule has 3 aromatic rings. The number of carbonyl (C=O) groups is 1. The molecule has 4 rings (SSSR count). The number of nitrogens with zero attached hydrogens (tertiary/aromatic N) is 2. The van der Waals surface area contributed by atoms with E-state index >= 15 is 0 Å². The summed E-state index contributed by atoms with van der Waals surface area (Å²) < 4.78 is 5.21. The number of hydrogen-bond donors (Lipinski definition) is 2. The summed E-state index contributed by atoms with van der Waals surface area (Å²) in [4.78, 5) is 21.2. The summed E-state index contributed by atoms with van der Waals surface area (Å²) in [7, 11) is 0. The van der Waals surface area contributed by atoms with Gasteiger partial charge in [0.15, 0.2) is 0 Å². The molecule has 0 bridgehead atoms. The molecule has 1 saturated heterocycles. The summed E-state index contributed by atoms with van der Waals surface area (Å²) in [5.41, 5.74) is 4.72. The summed E-state index contributed by atoms with van der Waals surface area (Å²) in [6, 6.07) is 9.87. The molecule has 2 atom stereocenters. The fourth-order valence-corrected chi connectivity index (χ4v) is 4.01. The van der Waals surface area contributed by atoms with Gasteiger partial charge in [0.2, 0.25) is 0 Å². The number of ether oxygens (including phenoxy) is 1. The summed E-state index contributed by atoms with van der Waals surface area (Å²) >= 11 is 1.62. The third-order valence-corrected chi connectivity index (χ3v) is 5.94. The first-order valence-corrected chi connectivity index (χ1v) is 10.5. The first-order chi connectivity index (χ1) is 14.1. The van der Waals surface area contributed by atoms with Gasteiger partial charge in [-0.25, -0.2) is 4.98 Å². The van der Waals surface area contributed by atoms with Gasteiger partial charge in [-0.3, -0.25) is 9.78 Å². The van der Waals surface area contributed by atoms with Crippen LogP contribution in [0.3, 0.4) is 0 Å². The van der Waals surface area contributed by atoms with Crippen LogP contribution in [0.4, 0.5) is 0 Å². The summed E-state index contributed by atoms with van der Waals surface area (Å²) in [6.45, 7) is 2.77. The number of benzene rings is 1. The minimum atomic E-state index is -0.686. The van der Waals surface area contributed by atoms with E-state index in [0.717, 1.165) is 27.3 Å². The topological polar surface area (TPSA) is 84.3 Å². The second-order valence-electron chi connectivity index (χ2n) is 7.22. The van der Waals surface area contributed by atoms with Crippen LogP contribution in [0, 0.1) is 6.92 Å². The van der Waals surface area contributed by atoms with E-state index in [1.165, 1.54) is 0 Å². The number of amides is 1. The standard InChI is InChI=1S/C22H23N3O3S/c1-14-12-24-19(21(27)25-18-6-8-28-13-20(18)26)11-17(14)10-15-2-4-16(5-3-15)22-23-7-9-29-22/h2-5,7,9,11-12,18,20,26H,6,8,10,13H2,1H3,(H,25,27)/t18-,20+/m0/s1. The molecule has 7 heteroatoms. The molecule has 2 N–H and O–H groups in total. The highest BCUT2D eigenvalue weighted by Crippen LogP contribution is 2.23. The Morgan fingerprint density at radius 3 is 2.86 bits per heavy atom. The van der Waals surface area contributed by atoms with E-state index in [2.05, 4.69) is 39.6 Å². The van der Waals surface area contributed by atoms with Gasteiger partial charge in [0.1, 0.15) is 10.7 Å². The van der Waals surface area contributed by atoms with Crippen molar-refractivity contribution in [3.05, 3.63) is 70.5 Å². The number of thiazole rings is 1. The van der Waals surface area contributed by atoms with Crippen molar-refractivity contribution in [2.24, 2.45) is 0 Å². The second-order valence-corrected chi connectivity index (χ2v) is 8.11. The molecular weight excluding hydrogens is 386 g/mol. The number of aliphatic hydroxyl groups excluding tert-OH is 1. The van der Waals surface area contributed by atoms with E-state index in [1.54, 1.807) is 23.7 Å². The minimum Gasteiger partial charge on any atom is -0.389 e. The molecule has 1 aliphatic rings. The largest absolute Gasteiger partial charge is 0.389 e. The molecular formula is C22H23N3O3S. The molecule has 0 radical (unpaired) electrons. The number of hydrogen-bond acceptors (Lipinski definition) is 6. The lowest BCUT2D eigenvalue weighted by Crippen LogP contribution is -2.48. The Bertz CT molecular complexity index is 973. The number of nitrogens with one attached hydrogen (secondary N) is 1. The Balaban J connectivity index is 1.47. The fourth-order valence-electron chi connectivity index (χ4n) is 3.36. The summed E-state index contributed by atoms with van der Waals surface area (Å²) in [6.07, 6.45) is 4.16. The van der Waals surface area contributed by atoms with Crippen LogP contribution in [0.5, 0.6) is 0 Å². The molecule has 0 unspecified atom stereocenters. The van der Waals surface area contributed by atoms with Crippen LogP contribution in [-0.4, -0.2) is 46.3 Å². The fraction of sp³-hybridized carbons (Fsp3) is 0.318. The maximum Gasteiger partial charge on any atom is 0.270 e. The van der Waals surface area contributed by atoms with Gasteiger partial charge in [-0.2, -0.15) is 0 Å². The molecule has 1 aromatic carbocycles. The molecule has 150 valence electrons. The van der Waals surface area contributed by atoms with Gasteiger partial charge in [0.05, 0.1) is 18.8 Å². The number of aryl methyl sites for hydroxylation is 1. The molecule has 0 aliphatic carbocycles. The van der Waals surface area contributed by atoms with Crippen molar-refractivity contribution >= 4 is 17.2 Å². The van der Waals surface area contributed by atoms with E-state index in [0.29, 0.717) is 25.1 Å². The van der Waals surface area contributed by atoms with E-state index in [1.807, 2.05) is 18.4 Å². The van der Waals surface area contributed by atoms with E-state index in [-0.39, 0.29) is 18.6 Å². The van der Waals surface area contributed by atoms with E-state index in [4.69, 9.17) is 4.74 Å². The highest BCUT2D eigenvalue weighted by molar-refractivity contribution is 7.13. The maximum absolute atomic E-state index is 12.6. The molecule has 29 heavy (non-hydrogen) atoms. The Kier molecular flexibility index (Phi) is 5.99. The SMILES string of the molecule is Cc1cnc(C(=O)N[C@H]2CCOC[C@H]2O)cc1Cc1ccc(-c2nccs2)cc1. The predicted octanol–water partition coefficient (Wildman–Crippen LogP) is 2.98. The average Bonchev–Trinajstić information content (AvgIpc) is 3.27. The third-order valence-electron chi connectivity index (χ3n) is 5.12. The quantitative estimate of drug-likeness (QED) is 0.677. The van der Waals surface area contributed by atoms with Crippen molar-refractivity contribution in [3.63, 3.8) is 0 Å². The van der Waals surface area contributed by atoms with E-state index < -0.39 is 6.10 Å². The highest BCUT2D eigenvalue weighted by Gasteiger charge is 2.26. The molecule has 1 fully saturated rings. The lowest BCUT2D eigenvalue weighted by molar-refractivity contribution is -0.0261. The molecule has 1 aliphatic heterocycles. The summed E-state index contributed by atoms with van der Waals surface area (Å²) in [5, 5.41) is 15.8. The van der Waals surface area contributed by atoms with Crippen molar-refractivity contribution in [2.75, 3.05) is 13.2 Å². The van der Waals surface area contributed by atoms with Gasteiger partial charge >= 0.3 is 0 Å². The summed E-state index contributed by atoms with van der Waals surface area (Å²) in [5.74, 6) is -0.267. The lowest BCUT2D eigenvalue weighted by Gasteiger charge is -2.28. The number of aromatic nitrogens is 2. The predicted molar refractivity (Wildman–Crippen MR) is 112 cm³/mol. The monoisotopic (exact) mass is 409 g/mol. The van der Waals surface area contributed by atoms with Crippen molar-refractivity contribution in [1.29, 1.82) is 0 Å². The molecule has 6 nitrogen and oxygen atoms in total. The van der Waals surface area contributed by atoms with Gasteiger partial charge in [-0.15, -0.1) is 11.3 Å². The Labute approximate surface area is 173 Å². The Morgan fingerprint density at radius 1 is 1.31 bits per heavy atom. The normalized spacial score (nSPS) is 19.1. The number of aliphatic hydroxyl groups is 1. The smallest absolute Gasteiger partial charge is 0.270 e. The molecule has 1 amide bonds. The zero-order chi connectivity index (χ0) is 20.2. The Morgan fingerprint density at radius 2 is 2.14 bits per heavy atom. The van der Waals surface area contributed by atoms with Crippen LogP contribution in [-0.2, 0) is 11.2 Å². The van der Waals surface area contributed by atoms with Gasteiger partial charge < -0.3 is 15.2 Å². The number of rotatable bonds is 5. The van der Waals surface area contributed by atoms with E-state index in [9.17, 15) is 9.90 Å². The van der Waals surface area contributed by atoms with Crippen LogP contribution in [0.15, 0.2) is 48.1 Å². The number of carbonyl (C=O) groups excluding carboxylic acids is 1. The average molecular weight is 410 g/mol. The maximum atomic E-state index is 12.6. The first kappa shape index (κ1) is 19.7. The third kappa shape index (κ3) is 4.70. The van der Waals surface area contributed by atoms with Crippen LogP contribution in [0.2, 0.25) is 0 Å². The molecule has 2 aromatic heterocycles. The highest BCUT2D eigenvalue weighted by atomic mass is 32.1. The molecule has 0 saturated carbocycles. The van der Waals surface area contributed by atoms with Gasteiger partial charge in [0.25, 0.3) is 5.91 Å². The Hall–Kier alpha value is -2.61. The van der Waals surface area contributed by atoms with Crippen LogP contribution in [0.25, 0.3) is 10.6 Å². The molecule has 0 spiro atoms. The van der Waals surface area contributed by atoms with Crippen molar-refractivity contribution in [2.45, 2.75) is 31.9 Å². The van der Waals surface area contributed by atoms with Gasteiger partial charge in [-0.1, -0.05) is 24.3 Å². The zero-order valence-electron chi connectivity index (χ0n) is 16.2. The van der Waals surface area contributed by atoms with Gasteiger partial charge in [-0.05, 0) is 42.5 Å².